The molecule has 0 bridgehead atoms. The van der Waals surface area contributed by atoms with E-state index < -0.39 is 5.60 Å². The van der Waals surface area contributed by atoms with Gasteiger partial charge < -0.3 is 5.11 Å². The molecular formula is C14H18N2O. The zero-order chi connectivity index (χ0) is 12.5. The molecule has 1 unspecified atom stereocenters. The molecule has 2 aromatic rings. The highest BCUT2D eigenvalue weighted by molar-refractivity contribution is 5.37. The standard InChI is InChI=1S/C14H18N2O/c1-4-16-13(9-10-15-16)14(3,17)12-8-6-5-7-11(12)2/h5-10,17H,4H2,1-3H3. The van der Waals surface area contributed by atoms with Crippen molar-refractivity contribution in [1.82, 2.24) is 9.78 Å². The molecule has 0 saturated heterocycles. The van der Waals surface area contributed by atoms with E-state index in [1.165, 1.54) is 0 Å². The van der Waals surface area contributed by atoms with Gasteiger partial charge in [0.2, 0.25) is 0 Å². The Morgan fingerprint density at radius 1 is 1.29 bits per heavy atom. The highest BCUT2D eigenvalue weighted by Crippen LogP contribution is 2.30. The van der Waals surface area contributed by atoms with Gasteiger partial charge >= 0.3 is 0 Å². The summed E-state index contributed by atoms with van der Waals surface area (Å²) in [5, 5.41) is 15.0. The van der Waals surface area contributed by atoms with Crippen molar-refractivity contribution in [1.29, 1.82) is 0 Å². The Balaban J connectivity index is 2.53. The molecule has 90 valence electrons. The summed E-state index contributed by atoms with van der Waals surface area (Å²) in [7, 11) is 0. The number of benzene rings is 1. The predicted molar refractivity (Wildman–Crippen MR) is 67.8 cm³/mol. The smallest absolute Gasteiger partial charge is 0.129 e. The summed E-state index contributed by atoms with van der Waals surface area (Å²) in [6.07, 6.45) is 1.73. The lowest BCUT2D eigenvalue weighted by molar-refractivity contribution is 0.0911. The number of aliphatic hydroxyl groups is 1. The molecule has 1 N–H and O–H groups in total. The van der Waals surface area contributed by atoms with Gasteiger partial charge in [0.15, 0.2) is 0 Å². The van der Waals surface area contributed by atoms with Gasteiger partial charge in [0.1, 0.15) is 5.60 Å². The summed E-state index contributed by atoms with van der Waals surface area (Å²) >= 11 is 0. The van der Waals surface area contributed by atoms with Crippen LogP contribution in [-0.2, 0) is 12.1 Å². The van der Waals surface area contributed by atoms with Crippen molar-refractivity contribution in [2.75, 3.05) is 0 Å². The van der Waals surface area contributed by atoms with Crippen molar-refractivity contribution in [3.63, 3.8) is 0 Å². The first-order chi connectivity index (χ1) is 8.07. The lowest BCUT2D eigenvalue weighted by atomic mass is 9.89. The summed E-state index contributed by atoms with van der Waals surface area (Å²) in [6, 6.07) is 9.77. The number of rotatable bonds is 3. The topological polar surface area (TPSA) is 38.0 Å². The molecule has 1 heterocycles. The average Bonchev–Trinajstić information content (AvgIpc) is 2.78. The monoisotopic (exact) mass is 230 g/mol. The molecule has 3 nitrogen and oxygen atoms in total. The second-order valence-electron chi connectivity index (χ2n) is 4.42. The third-order valence-corrected chi connectivity index (χ3v) is 3.18. The maximum atomic E-state index is 10.8. The molecule has 0 spiro atoms. The van der Waals surface area contributed by atoms with Crippen LogP contribution in [0.2, 0.25) is 0 Å². The fourth-order valence-electron chi connectivity index (χ4n) is 2.26. The van der Waals surface area contributed by atoms with E-state index in [2.05, 4.69) is 5.10 Å². The number of aromatic nitrogens is 2. The van der Waals surface area contributed by atoms with Crippen LogP contribution < -0.4 is 0 Å². The van der Waals surface area contributed by atoms with Crippen LogP contribution in [0.15, 0.2) is 36.5 Å². The van der Waals surface area contributed by atoms with Gasteiger partial charge in [-0.2, -0.15) is 5.10 Å². The van der Waals surface area contributed by atoms with Crippen molar-refractivity contribution >= 4 is 0 Å². The molecular weight excluding hydrogens is 212 g/mol. The predicted octanol–water partition coefficient (Wildman–Crippen LogP) is 2.47. The molecule has 0 aliphatic carbocycles. The van der Waals surface area contributed by atoms with E-state index in [-0.39, 0.29) is 0 Å². The molecule has 0 saturated carbocycles. The molecule has 17 heavy (non-hydrogen) atoms. The zero-order valence-electron chi connectivity index (χ0n) is 10.5. The van der Waals surface area contributed by atoms with Gasteiger partial charge in [-0.15, -0.1) is 0 Å². The fraction of sp³-hybridized carbons (Fsp3) is 0.357. The van der Waals surface area contributed by atoms with E-state index in [1.807, 2.05) is 55.8 Å². The summed E-state index contributed by atoms with van der Waals surface area (Å²) in [5.41, 5.74) is 1.84. The summed E-state index contributed by atoms with van der Waals surface area (Å²) < 4.78 is 1.83. The third kappa shape index (κ3) is 1.98. The molecule has 1 aromatic heterocycles. The normalized spacial score (nSPS) is 14.6. The van der Waals surface area contributed by atoms with E-state index in [0.29, 0.717) is 0 Å². The lowest BCUT2D eigenvalue weighted by Gasteiger charge is -2.26. The number of hydrogen-bond donors (Lipinski definition) is 1. The van der Waals surface area contributed by atoms with Crippen molar-refractivity contribution < 1.29 is 5.11 Å². The minimum atomic E-state index is -1.00. The van der Waals surface area contributed by atoms with Crippen molar-refractivity contribution in [3.05, 3.63) is 53.3 Å². The highest BCUT2D eigenvalue weighted by atomic mass is 16.3. The Kier molecular flexibility index (Phi) is 3.03. The Labute approximate surface area is 102 Å². The van der Waals surface area contributed by atoms with Crippen molar-refractivity contribution in [2.24, 2.45) is 0 Å². The van der Waals surface area contributed by atoms with Gasteiger partial charge in [-0.1, -0.05) is 24.3 Å². The van der Waals surface area contributed by atoms with Crippen LogP contribution in [0.3, 0.4) is 0 Å². The van der Waals surface area contributed by atoms with Crippen LogP contribution in [0.5, 0.6) is 0 Å². The molecule has 1 aromatic carbocycles. The number of nitrogens with zero attached hydrogens (tertiary/aromatic N) is 2. The first-order valence-corrected chi connectivity index (χ1v) is 5.88. The van der Waals surface area contributed by atoms with Gasteiger partial charge in [0, 0.05) is 12.7 Å². The van der Waals surface area contributed by atoms with Gasteiger partial charge in [0.25, 0.3) is 0 Å². The van der Waals surface area contributed by atoms with Crippen LogP contribution in [0.25, 0.3) is 0 Å². The lowest BCUT2D eigenvalue weighted by Crippen LogP contribution is -2.27. The van der Waals surface area contributed by atoms with E-state index >= 15 is 0 Å². The van der Waals surface area contributed by atoms with E-state index in [1.54, 1.807) is 6.20 Å². The summed E-state index contributed by atoms with van der Waals surface area (Å²) in [4.78, 5) is 0. The van der Waals surface area contributed by atoms with Gasteiger partial charge in [0.05, 0.1) is 5.69 Å². The minimum absolute atomic E-state index is 0.754. The first-order valence-electron chi connectivity index (χ1n) is 5.88. The molecule has 1 atom stereocenters. The maximum absolute atomic E-state index is 10.8. The average molecular weight is 230 g/mol. The van der Waals surface area contributed by atoms with Gasteiger partial charge in [-0.25, -0.2) is 0 Å². The van der Waals surface area contributed by atoms with Crippen molar-refractivity contribution in [3.8, 4) is 0 Å². The molecule has 2 rings (SSSR count). The van der Waals surface area contributed by atoms with E-state index in [0.717, 1.165) is 23.4 Å². The van der Waals surface area contributed by atoms with Crippen LogP contribution in [0.4, 0.5) is 0 Å². The maximum Gasteiger partial charge on any atom is 0.129 e. The van der Waals surface area contributed by atoms with E-state index in [4.69, 9.17) is 0 Å². The molecule has 3 heteroatoms. The molecule has 0 aliphatic heterocycles. The van der Waals surface area contributed by atoms with Gasteiger partial charge in [-0.05, 0) is 38.0 Å². The Morgan fingerprint density at radius 2 is 2.00 bits per heavy atom. The Hall–Kier alpha value is -1.61. The van der Waals surface area contributed by atoms with Gasteiger partial charge in [-0.3, -0.25) is 4.68 Å². The molecule has 0 radical (unpaired) electrons. The fourth-order valence-corrected chi connectivity index (χ4v) is 2.26. The van der Waals surface area contributed by atoms with Crippen LogP contribution >= 0.6 is 0 Å². The second-order valence-corrected chi connectivity index (χ2v) is 4.42. The first kappa shape index (κ1) is 11.9. The molecule has 0 amide bonds. The zero-order valence-corrected chi connectivity index (χ0v) is 10.5. The van der Waals surface area contributed by atoms with Crippen LogP contribution in [0, 0.1) is 6.92 Å². The Bertz CT molecular complexity index is 514. The second kappa shape index (κ2) is 4.34. The van der Waals surface area contributed by atoms with E-state index in [9.17, 15) is 5.11 Å². The summed E-state index contributed by atoms with van der Waals surface area (Å²) in [5.74, 6) is 0. The molecule has 0 fully saturated rings. The molecule has 0 aliphatic rings. The number of hydrogen-bond acceptors (Lipinski definition) is 2. The third-order valence-electron chi connectivity index (χ3n) is 3.18. The van der Waals surface area contributed by atoms with Crippen molar-refractivity contribution in [2.45, 2.75) is 32.9 Å². The largest absolute Gasteiger partial charge is 0.379 e. The summed E-state index contributed by atoms with van der Waals surface area (Å²) in [6.45, 7) is 6.60. The SMILES string of the molecule is CCn1nccc1C(C)(O)c1ccccc1C. The quantitative estimate of drug-likeness (QED) is 0.879. The highest BCUT2D eigenvalue weighted by Gasteiger charge is 2.30. The Morgan fingerprint density at radius 3 is 2.65 bits per heavy atom. The van der Waals surface area contributed by atoms with Crippen LogP contribution in [-0.4, -0.2) is 14.9 Å². The minimum Gasteiger partial charge on any atom is -0.379 e. The van der Waals surface area contributed by atoms with Crippen LogP contribution in [0.1, 0.15) is 30.7 Å². The number of aryl methyl sites for hydroxylation is 2.